The van der Waals surface area contributed by atoms with Gasteiger partial charge in [0.05, 0.1) is 28.3 Å². The smallest absolute Gasteiger partial charge is 0.254 e. The Bertz CT molecular complexity index is 1240. The number of carbonyl (C=O) groups is 1. The van der Waals surface area contributed by atoms with Gasteiger partial charge in [-0.3, -0.25) is 14.5 Å². The molecular weight excluding hydrogens is 517 g/mol. The number of aryl methyl sites for hydroxylation is 1. The van der Waals surface area contributed by atoms with Crippen LogP contribution in [0.4, 0.5) is 0 Å². The van der Waals surface area contributed by atoms with Gasteiger partial charge in [-0.2, -0.15) is 0 Å². The number of rotatable bonds is 6. The normalized spacial score (nSPS) is 24.0. The molecule has 37 heavy (non-hydrogen) atoms. The molecule has 0 unspecified atom stereocenters. The Labute approximate surface area is 226 Å². The van der Waals surface area contributed by atoms with Crippen molar-refractivity contribution in [2.45, 2.75) is 64.3 Å². The van der Waals surface area contributed by atoms with Gasteiger partial charge in [-0.05, 0) is 57.6 Å². The standard InChI is InChI=1S/C27H33Cl2N3O5/c1-14-8-21(28)20(27(34)31-14)10-30-26(33)19-9-22(29)25-24(15(19)2)37-23(13-36-25)16-4-6-17(7-5-16)32-11-18(12-32)35-3/h8-9,16-18,23H,4-7,10-13H2,1-3H3,(H,30,33)(H,31,34)/t16?,17?,23-/m1/s1. The molecule has 1 aromatic carbocycles. The highest BCUT2D eigenvalue weighted by molar-refractivity contribution is 6.33. The maximum Gasteiger partial charge on any atom is 0.254 e. The van der Waals surface area contributed by atoms with Crippen molar-refractivity contribution < 1.29 is 19.0 Å². The van der Waals surface area contributed by atoms with E-state index in [1.165, 1.54) is 0 Å². The summed E-state index contributed by atoms with van der Waals surface area (Å²) in [5.74, 6) is 1.01. The molecule has 1 atom stereocenters. The van der Waals surface area contributed by atoms with Gasteiger partial charge in [0.15, 0.2) is 11.5 Å². The minimum Gasteiger partial charge on any atom is -0.484 e. The molecule has 2 aliphatic heterocycles. The van der Waals surface area contributed by atoms with Crippen LogP contribution < -0.4 is 20.3 Å². The fourth-order valence-corrected chi connectivity index (χ4v) is 6.22. The number of halogens is 2. The van der Waals surface area contributed by atoms with Gasteiger partial charge in [0.1, 0.15) is 12.7 Å². The van der Waals surface area contributed by atoms with Gasteiger partial charge in [0, 0.05) is 43.1 Å². The molecule has 0 radical (unpaired) electrons. The van der Waals surface area contributed by atoms with E-state index in [1.54, 1.807) is 26.2 Å². The lowest BCUT2D eigenvalue weighted by Crippen LogP contribution is -2.57. The molecule has 3 heterocycles. The molecule has 1 amide bonds. The lowest BCUT2D eigenvalue weighted by molar-refractivity contribution is -0.0649. The SMILES string of the molecule is COC1CN(C2CCC([C@H]3COc4c(Cl)cc(C(=O)NCc5c(Cl)cc(C)[nH]c5=O)c(C)c4O3)CC2)C1. The third kappa shape index (κ3) is 5.35. The first-order chi connectivity index (χ1) is 17.7. The molecule has 1 saturated heterocycles. The Morgan fingerprint density at radius 2 is 1.86 bits per heavy atom. The van der Waals surface area contributed by atoms with Crippen molar-refractivity contribution in [3.63, 3.8) is 0 Å². The van der Waals surface area contributed by atoms with E-state index >= 15 is 0 Å². The second kappa shape index (κ2) is 10.8. The zero-order valence-electron chi connectivity index (χ0n) is 21.4. The highest BCUT2D eigenvalue weighted by Gasteiger charge is 2.38. The van der Waals surface area contributed by atoms with Gasteiger partial charge in [-0.15, -0.1) is 0 Å². The Kier molecular flexibility index (Phi) is 7.73. The second-order valence-electron chi connectivity index (χ2n) is 10.3. The third-order valence-electron chi connectivity index (χ3n) is 7.98. The number of aromatic nitrogens is 1. The highest BCUT2D eigenvalue weighted by atomic mass is 35.5. The number of H-pyrrole nitrogens is 1. The molecule has 3 aliphatic rings. The van der Waals surface area contributed by atoms with Gasteiger partial charge in [-0.25, -0.2) is 0 Å². The van der Waals surface area contributed by atoms with Crippen LogP contribution in [0.2, 0.25) is 10.0 Å². The lowest BCUT2D eigenvalue weighted by atomic mass is 9.81. The average Bonchev–Trinajstić information content (AvgIpc) is 2.85. The molecule has 1 saturated carbocycles. The van der Waals surface area contributed by atoms with Crippen LogP contribution >= 0.6 is 23.2 Å². The Hall–Kier alpha value is -2.26. The van der Waals surface area contributed by atoms with Crippen LogP contribution in [0.25, 0.3) is 0 Å². The number of hydrogen-bond acceptors (Lipinski definition) is 6. The van der Waals surface area contributed by atoms with Crippen LogP contribution in [0.15, 0.2) is 16.9 Å². The van der Waals surface area contributed by atoms with E-state index in [4.69, 9.17) is 37.4 Å². The van der Waals surface area contributed by atoms with Gasteiger partial charge >= 0.3 is 0 Å². The van der Waals surface area contributed by atoms with Crippen molar-refractivity contribution >= 4 is 29.1 Å². The number of fused-ring (bicyclic) bond motifs is 1. The minimum absolute atomic E-state index is 0.00715. The predicted octanol–water partition coefficient (Wildman–Crippen LogP) is 4.26. The quantitative estimate of drug-likeness (QED) is 0.559. The molecule has 200 valence electrons. The Morgan fingerprint density at radius 3 is 2.54 bits per heavy atom. The van der Waals surface area contributed by atoms with Gasteiger partial charge < -0.3 is 24.5 Å². The minimum atomic E-state index is -0.367. The fraction of sp³-hybridized carbons (Fsp3) is 0.556. The molecule has 10 heteroatoms. The van der Waals surface area contributed by atoms with Crippen LogP contribution in [0, 0.1) is 19.8 Å². The van der Waals surface area contributed by atoms with Crippen LogP contribution in [0.1, 0.15) is 52.9 Å². The summed E-state index contributed by atoms with van der Waals surface area (Å²) < 4.78 is 17.9. The van der Waals surface area contributed by atoms with E-state index in [0.29, 0.717) is 68.6 Å². The number of methoxy groups -OCH3 is 1. The van der Waals surface area contributed by atoms with Crippen molar-refractivity contribution in [3.8, 4) is 11.5 Å². The number of hydrogen-bond donors (Lipinski definition) is 2. The number of pyridine rings is 1. The average molecular weight is 550 g/mol. The van der Waals surface area contributed by atoms with Gasteiger partial charge in [0.25, 0.3) is 11.5 Å². The topological polar surface area (TPSA) is 92.9 Å². The first kappa shape index (κ1) is 26.4. The Morgan fingerprint density at radius 1 is 1.14 bits per heavy atom. The zero-order valence-corrected chi connectivity index (χ0v) is 22.9. The molecular formula is C27H33Cl2N3O5. The molecule has 1 aromatic heterocycles. The van der Waals surface area contributed by atoms with E-state index < -0.39 is 0 Å². The monoisotopic (exact) mass is 549 g/mol. The highest BCUT2D eigenvalue weighted by Crippen LogP contribution is 2.45. The number of amides is 1. The van der Waals surface area contributed by atoms with E-state index in [0.717, 1.165) is 38.8 Å². The first-order valence-electron chi connectivity index (χ1n) is 12.8. The Balaban J connectivity index is 1.25. The van der Waals surface area contributed by atoms with Crippen LogP contribution in [-0.4, -0.2) is 60.8 Å². The summed E-state index contributed by atoms with van der Waals surface area (Å²) in [4.78, 5) is 30.6. The summed E-state index contributed by atoms with van der Waals surface area (Å²) in [6.07, 6.45) is 4.70. The van der Waals surface area contributed by atoms with Crippen molar-refractivity contribution in [1.29, 1.82) is 0 Å². The maximum absolute atomic E-state index is 13.1. The second-order valence-corrected chi connectivity index (χ2v) is 11.1. The molecule has 8 nitrogen and oxygen atoms in total. The number of benzene rings is 1. The third-order valence-corrected chi connectivity index (χ3v) is 8.60. The molecule has 2 fully saturated rings. The summed E-state index contributed by atoms with van der Waals surface area (Å²) >= 11 is 12.7. The number of nitrogens with one attached hydrogen (secondary N) is 2. The number of aromatic amines is 1. The summed E-state index contributed by atoms with van der Waals surface area (Å²) in [6.45, 7) is 6.06. The van der Waals surface area contributed by atoms with Crippen molar-refractivity contribution in [1.82, 2.24) is 15.2 Å². The summed E-state index contributed by atoms with van der Waals surface area (Å²) in [6, 6.07) is 3.85. The molecule has 0 bridgehead atoms. The van der Waals surface area contributed by atoms with Gasteiger partial charge in [0.2, 0.25) is 0 Å². The summed E-state index contributed by atoms with van der Waals surface area (Å²) in [5, 5.41) is 3.42. The molecule has 2 aromatic rings. The largest absolute Gasteiger partial charge is 0.484 e. The lowest BCUT2D eigenvalue weighted by Gasteiger charge is -2.46. The van der Waals surface area contributed by atoms with Crippen LogP contribution in [0.5, 0.6) is 11.5 Å². The van der Waals surface area contributed by atoms with Gasteiger partial charge in [-0.1, -0.05) is 23.2 Å². The van der Waals surface area contributed by atoms with Crippen molar-refractivity contribution in [2.75, 3.05) is 26.8 Å². The molecule has 5 rings (SSSR count). The first-order valence-corrected chi connectivity index (χ1v) is 13.6. The number of ether oxygens (including phenoxy) is 3. The zero-order chi connectivity index (χ0) is 26.3. The summed E-state index contributed by atoms with van der Waals surface area (Å²) in [5.41, 5.74) is 1.66. The number of likely N-dealkylation sites (tertiary alicyclic amines) is 1. The fourth-order valence-electron chi connectivity index (χ4n) is 5.66. The van der Waals surface area contributed by atoms with Crippen molar-refractivity contribution in [3.05, 3.63) is 54.9 Å². The van der Waals surface area contributed by atoms with Crippen LogP contribution in [0.3, 0.4) is 0 Å². The number of nitrogens with zero attached hydrogens (tertiary/aromatic N) is 1. The number of carbonyl (C=O) groups excluding carboxylic acids is 1. The van der Waals surface area contributed by atoms with E-state index in [2.05, 4.69) is 15.2 Å². The molecule has 1 aliphatic carbocycles. The van der Waals surface area contributed by atoms with Crippen molar-refractivity contribution in [2.24, 2.45) is 5.92 Å². The molecule has 2 N–H and O–H groups in total. The van der Waals surface area contributed by atoms with E-state index in [-0.39, 0.29) is 24.1 Å². The predicted molar refractivity (Wildman–Crippen MR) is 142 cm³/mol. The van der Waals surface area contributed by atoms with E-state index in [9.17, 15) is 9.59 Å². The van der Waals surface area contributed by atoms with Crippen LogP contribution in [-0.2, 0) is 11.3 Å². The van der Waals surface area contributed by atoms with E-state index in [1.807, 2.05) is 6.92 Å². The molecule has 0 spiro atoms. The maximum atomic E-state index is 13.1. The summed E-state index contributed by atoms with van der Waals surface area (Å²) in [7, 11) is 1.78.